The zero-order valence-electron chi connectivity index (χ0n) is 22.1. The molecule has 0 aliphatic rings. The number of para-hydroxylation sites is 1. The van der Waals surface area contributed by atoms with Crippen molar-refractivity contribution in [3.8, 4) is 0 Å². The summed E-state index contributed by atoms with van der Waals surface area (Å²) in [6, 6.07) is 25.6. The first-order valence-electron chi connectivity index (χ1n) is 12.8. The monoisotopic (exact) mass is 485 g/mol. The molecular formula is C31H39N3O2. The van der Waals surface area contributed by atoms with Crippen LogP contribution in [0.3, 0.4) is 0 Å². The summed E-state index contributed by atoms with van der Waals surface area (Å²) in [6.07, 6.45) is 0.223. The van der Waals surface area contributed by atoms with Crippen LogP contribution in [-0.4, -0.2) is 23.4 Å². The van der Waals surface area contributed by atoms with Crippen molar-refractivity contribution in [2.45, 2.75) is 65.5 Å². The Hall–Kier alpha value is -3.60. The van der Waals surface area contributed by atoms with Crippen molar-refractivity contribution in [3.63, 3.8) is 0 Å². The Kier molecular flexibility index (Phi) is 9.69. The Balaban J connectivity index is 1.80. The number of nitrogens with one attached hydrogen (secondary N) is 2. The number of urea groups is 1. The van der Waals surface area contributed by atoms with Crippen molar-refractivity contribution in [3.05, 3.63) is 101 Å². The van der Waals surface area contributed by atoms with Crippen molar-refractivity contribution in [1.29, 1.82) is 0 Å². The van der Waals surface area contributed by atoms with Gasteiger partial charge in [0.1, 0.15) is 0 Å². The van der Waals surface area contributed by atoms with Crippen LogP contribution in [-0.2, 0) is 11.3 Å². The minimum atomic E-state index is -0.197. The summed E-state index contributed by atoms with van der Waals surface area (Å²) < 4.78 is 0. The Bertz CT molecular complexity index is 1100. The van der Waals surface area contributed by atoms with Gasteiger partial charge in [0.15, 0.2) is 0 Å². The van der Waals surface area contributed by atoms with Crippen LogP contribution in [0.4, 0.5) is 10.5 Å². The molecule has 1 atom stereocenters. The van der Waals surface area contributed by atoms with E-state index in [0.717, 1.165) is 27.9 Å². The van der Waals surface area contributed by atoms with Gasteiger partial charge in [-0.25, -0.2) is 4.79 Å². The number of anilines is 1. The van der Waals surface area contributed by atoms with E-state index in [1.165, 1.54) is 0 Å². The Morgan fingerprint density at radius 3 is 1.86 bits per heavy atom. The molecule has 5 nitrogen and oxygen atoms in total. The number of hydrogen-bond donors (Lipinski definition) is 2. The van der Waals surface area contributed by atoms with Crippen LogP contribution in [0.5, 0.6) is 0 Å². The maximum atomic E-state index is 13.8. The zero-order valence-corrected chi connectivity index (χ0v) is 22.1. The van der Waals surface area contributed by atoms with Gasteiger partial charge in [0.25, 0.3) is 0 Å². The highest BCUT2D eigenvalue weighted by molar-refractivity contribution is 5.92. The van der Waals surface area contributed by atoms with Gasteiger partial charge < -0.3 is 15.5 Å². The van der Waals surface area contributed by atoms with Crippen molar-refractivity contribution in [1.82, 2.24) is 10.2 Å². The van der Waals surface area contributed by atoms with Crippen LogP contribution < -0.4 is 10.6 Å². The average molecular weight is 486 g/mol. The zero-order chi connectivity index (χ0) is 26.1. The molecule has 0 aliphatic carbocycles. The molecule has 0 heterocycles. The van der Waals surface area contributed by atoms with Crippen LogP contribution >= 0.6 is 0 Å². The quantitative estimate of drug-likeness (QED) is 0.318. The second kappa shape index (κ2) is 12.9. The van der Waals surface area contributed by atoms with Crippen molar-refractivity contribution in [2.24, 2.45) is 0 Å². The fourth-order valence-corrected chi connectivity index (χ4v) is 4.36. The van der Waals surface area contributed by atoms with Crippen molar-refractivity contribution in [2.75, 3.05) is 11.9 Å². The van der Waals surface area contributed by atoms with Crippen LogP contribution in [0.25, 0.3) is 0 Å². The minimum absolute atomic E-state index is 0.0811. The number of hydrogen-bond acceptors (Lipinski definition) is 2. The molecular weight excluding hydrogens is 446 g/mol. The maximum absolute atomic E-state index is 13.8. The SMILES string of the molecule is CC(C)c1cccc(C(C)C)c1NC(=O)N(CCC(=O)NCc1ccccc1)C(C)c1ccccc1. The van der Waals surface area contributed by atoms with E-state index in [1.54, 1.807) is 4.90 Å². The summed E-state index contributed by atoms with van der Waals surface area (Å²) in [6.45, 7) is 11.3. The van der Waals surface area contributed by atoms with Gasteiger partial charge in [0, 0.05) is 25.2 Å². The van der Waals surface area contributed by atoms with Crippen LogP contribution in [0.1, 0.15) is 81.2 Å². The summed E-state index contributed by atoms with van der Waals surface area (Å²) in [5.41, 5.74) is 5.18. The van der Waals surface area contributed by atoms with Crippen LogP contribution in [0.15, 0.2) is 78.9 Å². The normalized spacial score (nSPS) is 11.9. The molecule has 3 aromatic carbocycles. The summed E-state index contributed by atoms with van der Waals surface area (Å²) in [5, 5.41) is 6.20. The molecule has 0 saturated heterocycles. The highest BCUT2D eigenvalue weighted by Gasteiger charge is 2.25. The third-order valence-electron chi connectivity index (χ3n) is 6.53. The highest BCUT2D eigenvalue weighted by Crippen LogP contribution is 2.33. The van der Waals surface area contributed by atoms with E-state index in [1.807, 2.05) is 67.6 Å². The molecule has 2 N–H and O–H groups in total. The minimum Gasteiger partial charge on any atom is -0.352 e. The van der Waals surface area contributed by atoms with Crippen molar-refractivity contribution < 1.29 is 9.59 Å². The molecule has 5 heteroatoms. The molecule has 36 heavy (non-hydrogen) atoms. The Morgan fingerprint density at radius 2 is 1.31 bits per heavy atom. The van der Waals surface area contributed by atoms with Crippen LogP contribution in [0.2, 0.25) is 0 Å². The van der Waals surface area contributed by atoms with Gasteiger partial charge in [0.2, 0.25) is 5.91 Å². The smallest absolute Gasteiger partial charge is 0.322 e. The molecule has 3 aromatic rings. The molecule has 0 spiro atoms. The number of benzene rings is 3. The molecule has 0 radical (unpaired) electrons. The van der Waals surface area contributed by atoms with E-state index in [-0.39, 0.29) is 36.2 Å². The first kappa shape index (κ1) is 27.0. The number of amides is 3. The largest absolute Gasteiger partial charge is 0.352 e. The fourth-order valence-electron chi connectivity index (χ4n) is 4.36. The predicted molar refractivity (Wildman–Crippen MR) is 148 cm³/mol. The van der Waals surface area contributed by atoms with Gasteiger partial charge in [-0.15, -0.1) is 0 Å². The maximum Gasteiger partial charge on any atom is 0.322 e. The highest BCUT2D eigenvalue weighted by atomic mass is 16.2. The lowest BCUT2D eigenvalue weighted by Crippen LogP contribution is -2.40. The standard InChI is InChI=1S/C31H39N3O2/c1-22(2)27-17-12-18-28(23(3)4)30(27)33-31(36)34(24(5)26-15-10-7-11-16-26)20-19-29(35)32-21-25-13-8-6-9-14-25/h6-18,22-24H,19-21H2,1-5H3,(H,32,35)(H,33,36). The fraction of sp³-hybridized carbons (Fsp3) is 0.355. The van der Waals surface area contributed by atoms with Crippen LogP contribution in [0, 0.1) is 0 Å². The number of nitrogens with zero attached hydrogens (tertiary/aromatic N) is 1. The van der Waals surface area contributed by atoms with Gasteiger partial charge in [-0.2, -0.15) is 0 Å². The van der Waals surface area contributed by atoms with Gasteiger partial charge in [0.05, 0.1) is 6.04 Å². The van der Waals surface area contributed by atoms with E-state index in [9.17, 15) is 9.59 Å². The first-order chi connectivity index (χ1) is 17.3. The van der Waals surface area contributed by atoms with E-state index >= 15 is 0 Å². The number of carbonyl (C=O) groups excluding carboxylic acids is 2. The summed E-state index contributed by atoms with van der Waals surface area (Å²) in [7, 11) is 0. The summed E-state index contributed by atoms with van der Waals surface area (Å²) in [5.74, 6) is 0.452. The Morgan fingerprint density at radius 1 is 0.750 bits per heavy atom. The predicted octanol–water partition coefficient (Wildman–Crippen LogP) is 7.24. The average Bonchev–Trinajstić information content (AvgIpc) is 2.88. The second-order valence-corrected chi connectivity index (χ2v) is 9.84. The lowest BCUT2D eigenvalue weighted by molar-refractivity contribution is -0.121. The molecule has 3 rings (SSSR count). The lowest BCUT2D eigenvalue weighted by atomic mass is 9.92. The molecule has 0 bridgehead atoms. The van der Waals surface area contributed by atoms with Gasteiger partial charge in [-0.05, 0) is 41.0 Å². The van der Waals surface area contributed by atoms with Gasteiger partial charge in [-0.3, -0.25) is 4.79 Å². The second-order valence-electron chi connectivity index (χ2n) is 9.84. The van der Waals surface area contributed by atoms with Crippen molar-refractivity contribution >= 4 is 17.6 Å². The first-order valence-corrected chi connectivity index (χ1v) is 12.8. The third-order valence-corrected chi connectivity index (χ3v) is 6.53. The molecule has 190 valence electrons. The summed E-state index contributed by atoms with van der Waals surface area (Å²) >= 11 is 0. The topological polar surface area (TPSA) is 61.4 Å². The third kappa shape index (κ3) is 7.20. The lowest BCUT2D eigenvalue weighted by Gasteiger charge is -2.31. The number of carbonyl (C=O) groups is 2. The summed E-state index contributed by atoms with van der Waals surface area (Å²) in [4.78, 5) is 28.2. The molecule has 0 fully saturated rings. The van der Waals surface area contributed by atoms with E-state index < -0.39 is 0 Å². The molecule has 3 amide bonds. The van der Waals surface area contributed by atoms with Gasteiger partial charge >= 0.3 is 6.03 Å². The van der Waals surface area contributed by atoms with E-state index in [0.29, 0.717) is 13.1 Å². The molecule has 0 aliphatic heterocycles. The van der Waals surface area contributed by atoms with E-state index in [2.05, 4.69) is 56.5 Å². The van der Waals surface area contributed by atoms with Gasteiger partial charge in [-0.1, -0.05) is 107 Å². The molecule has 0 saturated carbocycles. The molecule has 1 unspecified atom stereocenters. The van der Waals surface area contributed by atoms with E-state index in [4.69, 9.17) is 0 Å². The number of rotatable bonds is 10. The molecule has 0 aromatic heterocycles. The Labute approximate surface area is 215 Å².